The summed E-state index contributed by atoms with van der Waals surface area (Å²) in [5.74, 6) is -0.553. The first-order valence-electron chi connectivity index (χ1n) is 6.74. The number of hydrogen-bond acceptors (Lipinski definition) is 5. The number of piperidine rings is 1. The molecule has 124 valence electrons. The van der Waals surface area contributed by atoms with E-state index in [1.165, 1.54) is 17.0 Å². The quantitative estimate of drug-likeness (QED) is 0.639. The molecule has 1 aromatic rings. The summed E-state index contributed by atoms with van der Waals surface area (Å²) in [7, 11) is -3.87. The summed E-state index contributed by atoms with van der Waals surface area (Å²) in [4.78, 5) is 1.15. The first-order chi connectivity index (χ1) is 10.2. The van der Waals surface area contributed by atoms with Crippen LogP contribution in [0.2, 0.25) is 5.02 Å². The highest BCUT2D eigenvalue weighted by Gasteiger charge is 2.35. The third-order valence-electron chi connectivity index (χ3n) is 3.77. The molecular weight excluding hydrogens is 338 g/mol. The third-order valence-corrected chi connectivity index (χ3v) is 6.53. The topological polar surface area (TPSA) is 83.6 Å². The lowest BCUT2D eigenvalue weighted by molar-refractivity contribution is 0.0792. The number of benzene rings is 1. The zero-order chi connectivity index (χ0) is 16.5. The van der Waals surface area contributed by atoms with Crippen molar-refractivity contribution in [2.75, 3.05) is 25.4 Å². The second-order valence-corrected chi connectivity index (χ2v) is 7.82. The molecule has 22 heavy (non-hydrogen) atoms. The molecule has 5 nitrogen and oxygen atoms in total. The number of halogens is 3. The number of likely N-dealkylation sites (tertiary alicyclic amines) is 1. The fourth-order valence-electron chi connectivity index (χ4n) is 2.60. The van der Waals surface area contributed by atoms with Gasteiger partial charge in [-0.3, -0.25) is 4.90 Å². The van der Waals surface area contributed by atoms with Crippen molar-refractivity contribution in [3.05, 3.63) is 17.2 Å². The van der Waals surface area contributed by atoms with Crippen molar-refractivity contribution in [2.45, 2.75) is 29.4 Å². The summed E-state index contributed by atoms with van der Waals surface area (Å²) in [6, 6.07) is 2.64. The number of nitrogen functional groups attached to an aromatic ring is 1. The van der Waals surface area contributed by atoms with Crippen molar-refractivity contribution in [3.63, 3.8) is 0 Å². The van der Waals surface area contributed by atoms with Gasteiger partial charge in [0, 0.05) is 0 Å². The minimum Gasteiger partial charge on any atom is -0.504 e. The average Bonchev–Trinajstić information content (AvgIpc) is 2.43. The number of phenols is 1. The standard InChI is InChI=1S/C13H17ClF2N2O3S/c14-9-1-2-10(17)12(19)13(9)22(20,21)8-3-5-18(6-4-8)7-11(15)16/h1-2,8,11,19H,3-7,17H2. The lowest BCUT2D eigenvalue weighted by Crippen LogP contribution is -2.41. The number of alkyl halides is 2. The van der Waals surface area contributed by atoms with Gasteiger partial charge in [-0.15, -0.1) is 0 Å². The van der Waals surface area contributed by atoms with Gasteiger partial charge in [0.1, 0.15) is 4.90 Å². The van der Waals surface area contributed by atoms with Crippen molar-refractivity contribution < 1.29 is 22.3 Å². The van der Waals surface area contributed by atoms with E-state index in [1.807, 2.05) is 0 Å². The smallest absolute Gasteiger partial charge is 0.251 e. The minimum absolute atomic E-state index is 0.0712. The number of aromatic hydroxyl groups is 1. The van der Waals surface area contributed by atoms with Gasteiger partial charge in [0.15, 0.2) is 15.6 Å². The highest BCUT2D eigenvalue weighted by Crippen LogP contribution is 2.39. The number of sulfone groups is 1. The number of phenolic OH excluding ortho intramolecular Hbond substituents is 1. The lowest BCUT2D eigenvalue weighted by Gasteiger charge is -2.31. The second kappa shape index (κ2) is 6.55. The van der Waals surface area contributed by atoms with Gasteiger partial charge in [-0.25, -0.2) is 17.2 Å². The van der Waals surface area contributed by atoms with E-state index in [1.54, 1.807) is 0 Å². The maximum atomic E-state index is 12.6. The molecule has 2 rings (SSSR count). The van der Waals surface area contributed by atoms with Gasteiger partial charge in [0.2, 0.25) is 0 Å². The first-order valence-corrected chi connectivity index (χ1v) is 8.67. The molecule has 0 radical (unpaired) electrons. The van der Waals surface area contributed by atoms with Crippen LogP contribution >= 0.6 is 11.6 Å². The Balaban J connectivity index is 2.21. The summed E-state index contributed by atoms with van der Waals surface area (Å²) in [6.45, 7) is 0.154. The SMILES string of the molecule is Nc1ccc(Cl)c(S(=O)(=O)C2CCN(CC(F)F)CC2)c1O. The van der Waals surface area contributed by atoms with E-state index in [4.69, 9.17) is 17.3 Å². The van der Waals surface area contributed by atoms with Crippen LogP contribution in [-0.4, -0.2) is 49.7 Å². The van der Waals surface area contributed by atoms with Crippen LogP contribution in [0, 0.1) is 0 Å². The Morgan fingerprint density at radius 1 is 1.36 bits per heavy atom. The predicted molar refractivity (Wildman–Crippen MR) is 80.2 cm³/mol. The van der Waals surface area contributed by atoms with Gasteiger partial charge in [0.05, 0.1) is 22.5 Å². The summed E-state index contributed by atoms with van der Waals surface area (Å²) in [5.41, 5.74) is 5.46. The Morgan fingerprint density at radius 2 is 1.95 bits per heavy atom. The van der Waals surface area contributed by atoms with E-state index in [-0.39, 0.29) is 48.1 Å². The van der Waals surface area contributed by atoms with Crippen LogP contribution in [0.3, 0.4) is 0 Å². The highest BCUT2D eigenvalue weighted by atomic mass is 35.5. The van der Waals surface area contributed by atoms with E-state index in [0.29, 0.717) is 0 Å². The van der Waals surface area contributed by atoms with Gasteiger partial charge in [-0.1, -0.05) is 11.6 Å². The molecule has 1 aromatic carbocycles. The zero-order valence-electron chi connectivity index (χ0n) is 11.7. The number of hydrogen-bond donors (Lipinski definition) is 2. The van der Waals surface area contributed by atoms with E-state index >= 15 is 0 Å². The van der Waals surface area contributed by atoms with Crippen molar-refractivity contribution in [3.8, 4) is 5.75 Å². The largest absolute Gasteiger partial charge is 0.504 e. The highest BCUT2D eigenvalue weighted by molar-refractivity contribution is 7.92. The molecule has 1 aliphatic heterocycles. The van der Waals surface area contributed by atoms with Crippen molar-refractivity contribution >= 4 is 27.1 Å². The second-order valence-electron chi connectivity index (χ2n) is 5.25. The van der Waals surface area contributed by atoms with Gasteiger partial charge < -0.3 is 10.8 Å². The third kappa shape index (κ3) is 3.44. The Bertz CT molecular complexity index is 647. The Labute approximate surface area is 132 Å². The van der Waals surface area contributed by atoms with Gasteiger partial charge >= 0.3 is 0 Å². The molecule has 0 atom stereocenters. The van der Waals surface area contributed by atoms with Crippen LogP contribution in [0.1, 0.15) is 12.8 Å². The van der Waals surface area contributed by atoms with Gasteiger partial charge in [-0.2, -0.15) is 0 Å². The number of anilines is 1. The molecule has 0 saturated carbocycles. The molecule has 9 heteroatoms. The van der Waals surface area contributed by atoms with E-state index < -0.39 is 27.3 Å². The molecule has 0 unspecified atom stereocenters. The maximum Gasteiger partial charge on any atom is 0.251 e. The Kier molecular flexibility index (Phi) is 5.14. The summed E-state index contributed by atoms with van der Waals surface area (Å²) in [5, 5.41) is 9.05. The first kappa shape index (κ1) is 17.2. The average molecular weight is 355 g/mol. The van der Waals surface area contributed by atoms with E-state index in [9.17, 15) is 22.3 Å². The van der Waals surface area contributed by atoms with Crippen LogP contribution in [0.25, 0.3) is 0 Å². The Hall–Kier alpha value is -1.12. The monoisotopic (exact) mass is 354 g/mol. The molecule has 0 amide bonds. The van der Waals surface area contributed by atoms with Crippen molar-refractivity contribution in [1.82, 2.24) is 4.90 Å². The molecule has 1 saturated heterocycles. The van der Waals surface area contributed by atoms with Gasteiger partial charge in [0.25, 0.3) is 6.43 Å². The molecule has 0 bridgehead atoms. The normalized spacial score (nSPS) is 18.0. The molecule has 3 N–H and O–H groups in total. The fourth-order valence-corrected chi connectivity index (χ4v) is 4.96. The summed E-state index contributed by atoms with van der Waals surface area (Å²) >= 11 is 5.90. The lowest BCUT2D eigenvalue weighted by atomic mass is 10.1. The number of nitrogens with zero attached hydrogens (tertiary/aromatic N) is 1. The van der Waals surface area contributed by atoms with Crippen LogP contribution in [0.4, 0.5) is 14.5 Å². The summed E-state index contributed by atoms with van der Waals surface area (Å²) < 4.78 is 50.0. The van der Waals surface area contributed by atoms with E-state index in [0.717, 1.165) is 0 Å². The maximum absolute atomic E-state index is 12.6. The van der Waals surface area contributed by atoms with E-state index in [2.05, 4.69) is 0 Å². The Morgan fingerprint density at radius 3 is 2.50 bits per heavy atom. The molecule has 1 heterocycles. The zero-order valence-corrected chi connectivity index (χ0v) is 13.2. The van der Waals surface area contributed by atoms with Crippen molar-refractivity contribution in [2.24, 2.45) is 0 Å². The molecule has 1 aliphatic rings. The molecular formula is C13H17ClF2N2O3S. The van der Waals surface area contributed by atoms with Crippen molar-refractivity contribution in [1.29, 1.82) is 0 Å². The summed E-state index contributed by atoms with van der Waals surface area (Å²) in [6.07, 6.45) is -2.03. The van der Waals surface area contributed by atoms with Crippen LogP contribution in [-0.2, 0) is 9.84 Å². The van der Waals surface area contributed by atoms with Crippen LogP contribution in [0.5, 0.6) is 5.75 Å². The van der Waals surface area contributed by atoms with Crippen LogP contribution in [0.15, 0.2) is 17.0 Å². The molecule has 0 spiro atoms. The minimum atomic E-state index is -3.87. The van der Waals surface area contributed by atoms with Crippen LogP contribution < -0.4 is 5.73 Å². The molecule has 1 fully saturated rings. The van der Waals surface area contributed by atoms with Gasteiger partial charge in [-0.05, 0) is 38.1 Å². The predicted octanol–water partition coefficient (Wildman–Crippen LogP) is 2.13. The fraction of sp³-hybridized carbons (Fsp3) is 0.538. The number of rotatable bonds is 4. The number of nitrogens with two attached hydrogens (primary N) is 1. The molecule has 0 aromatic heterocycles. The molecule has 0 aliphatic carbocycles.